The molecule has 1 saturated heterocycles. The lowest BCUT2D eigenvalue weighted by molar-refractivity contribution is -0.117. The van der Waals surface area contributed by atoms with Gasteiger partial charge in [0.1, 0.15) is 5.82 Å². The van der Waals surface area contributed by atoms with Gasteiger partial charge in [0.2, 0.25) is 11.9 Å². The van der Waals surface area contributed by atoms with E-state index in [1.807, 2.05) is 31.2 Å². The summed E-state index contributed by atoms with van der Waals surface area (Å²) < 4.78 is 13.0. The van der Waals surface area contributed by atoms with E-state index in [2.05, 4.69) is 32.5 Å². The zero-order chi connectivity index (χ0) is 27.3. The second kappa shape index (κ2) is 10.2. The van der Waals surface area contributed by atoms with Crippen LogP contribution in [0, 0.1) is 5.41 Å². The number of amides is 1. The third kappa shape index (κ3) is 5.50. The summed E-state index contributed by atoms with van der Waals surface area (Å²) in [6.07, 6.45) is 13.9. The number of carbonyl (C=O) groups excluding carboxylic acids is 1. The molecule has 8 nitrogen and oxygen atoms in total. The van der Waals surface area contributed by atoms with Crippen LogP contribution in [0.5, 0.6) is 0 Å². The van der Waals surface area contributed by atoms with Crippen LogP contribution in [0.3, 0.4) is 0 Å². The van der Waals surface area contributed by atoms with Crippen LogP contribution in [0.1, 0.15) is 83.1 Å². The molecule has 1 aromatic carbocycles. The van der Waals surface area contributed by atoms with Crippen LogP contribution in [0.25, 0.3) is 0 Å². The molecule has 9 heteroatoms. The van der Waals surface area contributed by atoms with E-state index >= 15 is 0 Å². The summed E-state index contributed by atoms with van der Waals surface area (Å²) in [6, 6.07) is 7.72. The molecule has 2 aliphatic heterocycles. The number of nitrogens with one attached hydrogen (secondary N) is 2. The Hall–Kier alpha value is -2.36. The zero-order valence-corrected chi connectivity index (χ0v) is 24.0. The number of carbonyl (C=O) groups is 1. The average Bonchev–Trinajstić information content (AvgIpc) is 3.65. The van der Waals surface area contributed by atoms with E-state index < -0.39 is 10.8 Å². The van der Waals surface area contributed by atoms with Crippen molar-refractivity contribution in [3.05, 3.63) is 36.0 Å². The molecule has 1 amide bonds. The third-order valence-electron chi connectivity index (χ3n) is 9.67. The number of aromatic nitrogens is 2. The van der Waals surface area contributed by atoms with Gasteiger partial charge in [-0.3, -0.25) is 9.00 Å². The standard InChI is InChI=1S/C23H27N5O2S.C7H14O/c1-28-10-8-22(9-11-28)12-17(13-22)31(30)16-4-2-15(3-5-16)25-21-24-14-18-19(27-21)26-20(29)23(18)6-7-23;1-7(8)5-3-2-4-6-7/h2-5,14,17H,6-13H2,1H3,(H2,24,25,26,27,29);8H,2-6H2,1H3. The summed E-state index contributed by atoms with van der Waals surface area (Å²) >= 11 is 0. The van der Waals surface area contributed by atoms with Gasteiger partial charge >= 0.3 is 0 Å². The number of anilines is 3. The normalized spacial score (nSPS) is 25.2. The molecule has 3 saturated carbocycles. The Bertz CT molecular complexity index is 1240. The Morgan fingerprint density at radius 1 is 1.03 bits per heavy atom. The van der Waals surface area contributed by atoms with E-state index in [0.717, 1.165) is 67.8 Å². The van der Waals surface area contributed by atoms with E-state index in [1.54, 1.807) is 6.20 Å². The van der Waals surface area contributed by atoms with Crippen LogP contribution in [0.4, 0.5) is 17.5 Å². The van der Waals surface area contributed by atoms with E-state index in [9.17, 15) is 14.1 Å². The van der Waals surface area contributed by atoms with Gasteiger partial charge < -0.3 is 20.6 Å². The van der Waals surface area contributed by atoms with Gasteiger partial charge in [0.05, 0.1) is 21.8 Å². The first-order valence-electron chi connectivity index (χ1n) is 14.5. The average molecular weight is 552 g/mol. The van der Waals surface area contributed by atoms with Crippen LogP contribution in [-0.2, 0) is 21.0 Å². The quantitative estimate of drug-likeness (QED) is 0.497. The van der Waals surface area contributed by atoms with Crippen molar-refractivity contribution in [3.8, 4) is 0 Å². The van der Waals surface area contributed by atoms with Crippen LogP contribution in [0.15, 0.2) is 35.4 Å². The summed E-state index contributed by atoms with van der Waals surface area (Å²) in [5.74, 6) is 1.11. The van der Waals surface area contributed by atoms with Crippen molar-refractivity contribution in [2.24, 2.45) is 5.41 Å². The van der Waals surface area contributed by atoms with E-state index in [0.29, 0.717) is 17.2 Å². The van der Waals surface area contributed by atoms with Gasteiger partial charge in [0.25, 0.3) is 0 Å². The zero-order valence-electron chi connectivity index (χ0n) is 23.2. The number of likely N-dealkylation sites (tertiary alicyclic amines) is 1. The van der Waals surface area contributed by atoms with Crippen molar-refractivity contribution >= 4 is 34.2 Å². The monoisotopic (exact) mass is 551 g/mol. The van der Waals surface area contributed by atoms with Gasteiger partial charge in [0.15, 0.2) is 0 Å². The van der Waals surface area contributed by atoms with Gasteiger partial charge in [-0.25, -0.2) is 4.98 Å². The predicted molar refractivity (Wildman–Crippen MR) is 154 cm³/mol. The predicted octanol–water partition coefficient (Wildman–Crippen LogP) is 4.89. The number of piperidine rings is 1. The van der Waals surface area contributed by atoms with Crippen LogP contribution in [-0.4, -0.2) is 61.1 Å². The molecule has 5 aliphatic rings. The minimum atomic E-state index is -0.958. The number of hydrogen-bond donors (Lipinski definition) is 3. The Balaban J connectivity index is 0.000000299. The van der Waals surface area contributed by atoms with Gasteiger partial charge in [0, 0.05) is 27.6 Å². The second-order valence-electron chi connectivity index (χ2n) is 12.8. The Labute approximate surface area is 233 Å². The topological polar surface area (TPSA) is 107 Å². The lowest BCUT2D eigenvalue weighted by Gasteiger charge is -2.51. The molecule has 3 aliphatic carbocycles. The Kier molecular flexibility index (Phi) is 7.04. The number of rotatable bonds is 4. The summed E-state index contributed by atoms with van der Waals surface area (Å²) in [5, 5.41) is 15.7. The fraction of sp³-hybridized carbons (Fsp3) is 0.633. The number of aliphatic hydroxyl groups is 1. The number of fused-ring (bicyclic) bond motifs is 2. The second-order valence-corrected chi connectivity index (χ2v) is 14.6. The highest BCUT2D eigenvalue weighted by molar-refractivity contribution is 7.85. The van der Waals surface area contributed by atoms with Gasteiger partial charge in [-0.05, 0) is 108 Å². The minimum Gasteiger partial charge on any atom is -0.390 e. The fourth-order valence-corrected chi connectivity index (χ4v) is 8.52. The van der Waals surface area contributed by atoms with Crippen LogP contribution < -0.4 is 10.6 Å². The summed E-state index contributed by atoms with van der Waals surface area (Å²) in [6.45, 7) is 4.26. The molecule has 1 atom stereocenters. The fourth-order valence-electron chi connectivity index (χ4n) is 6.72. The molecule has 39 heavy (non-hydrogen) atoms. The molecule has 2 aromatic rings. The van der Waals surface area contributed by atoms with Crippen molar-refractivity contribution in [1.29, 1.82) is 0 Å². The number of benzene rings is 1. The van der Waals surface area contributed by atoms with Crippen molar-refractivity contribution < 1.29 is 14.1 Å². The summed E-state index contributed by atoms with van der Waals surface area (Å²) in [5.41, 5.74) is 1.50. The molecular formula is C30H41N5O3S. The van der Waals surface area contributed by atoms with E-state index in [4.69, 9.17) is 0 Å². The molecule has 4 fully saturated rings. The number of hydrogen-bond acceptors (Lipinski definition) is 7. The van der Waals surface area contributed by atoms with Crippen molar-refractivity contribution in [3.63, 3.8) is 0 Å². The van der Waals surface area contributed by atoms with Crippen molar-refractivity contribution in [2.45, 2.75) is 98.7 Å². The smallest absolute Gasteiger partial charge is 0.236 e. The highest BCUT2D eigenvalue weighted by Crippen LogP contribution is 2.54. The largest absolute Gasteiger partial charge is 0.390 e. The molecule has 0 bridgehead atoms. The first-order chi connectivity index (χ1) is 18.7. The molecule has 7 rings (SSSR count). The number of nitrogens with zero attached hydrogens (tertiary/aromatic N) is 3. The Morgan fingerprint density at radius 3 is 2.28 bits per heavy atom. The lowest BCUT2D eigenvalue weighted by atomic mass is 9.63. The molecule has 3 N–H and O–H groups in total. The molecule has 0 radical (unpaired) electrons. The lowest BCUT2D eigenvalue weighted by Crippen LogP contribution is -2.49. The van der Waals surface area contributed by atoms with E-state index in [-0.39, 0.29) is 22.2 Å². The Morgan fingerprint density at radius 2 is 1.69 bits per heavy atom. The molecule has 2 spiro atoms. The maximum Gasteiger partial charge on any atom is 0.236 e. The maximum atomic E-state index is 13.0. The van der Waals surface area contributed by atoms with Gasteiger partial charge in [-0.1, -0.05) is 19.3 Å². The first-order valence-corrected chi connectivity index (χ1v) is 15.8. The molecular weight excluding hydrogens is 510 g/mol. The minimum absolute atomic E-state index is 0.0406. The van der Waals surface area contributed by atoms with Gasteiger partial charge in [-0.2, -0.15) is 4.98 Å². The summed E-state index contributed by atoms with van der Waals surface area (Å²) in [4.78, 5) is 24.3. The molecule has 210 valence electrons. The van der Waals surface area contributed by atoms with E-state index in [1.165, 1.54) is 32.1 Å². The van der Waals surface area contributed by atoms with Crippen LogP contribution >= 0.6 is 0 Å². The molecule has 1 aromatic heterocycles. The van der Waals surface area contributed by atoms with Gasteiger partial charge in [-0.15, -0.1) is 0 Å². The van der Waals surface area contributed by atoms with Crippen molar-refractivity contribution in [1.82, 2.24) is 14.9 Å². The van der Waals surface area contributed by atoms with Crippen LogP contribution in [0.2, 0.25) is 0 Å². The summed E-state index contributed by atoms with van der Waals surface area (Å²) in [7, 11) is 1.23. The maximum absolute atomic E-state index is 13.0. The highest BCUT2D eigenvalue weighted by atomic mass is 32.2. The molecule has 1 unspecified atom stereocenters. The molecule has 3 heterocycles. The van der Waals surface area contributed by atoms with Crippen molar-refractivity contribution in [2.75, 3.05) is 30.8 Å². The first kappa shape index (κ1) is 26.8. The highest BCUT2D eigenvalue weighted by Gasteiger charge is 2.57. The third-order valence-corrected chi connectivity index (χ3v) is 11.3. The SMILES string of the molecule is CC1(O)CCCCC1.CN1CCC2(CC1)CC(S(=O)c1ccc(Nc3ncc4c(n3)NC(=O)C43CC3)cc1)C2.